The first kappa shape index (κ1) is 33.3. The van der Waals surface area contributed by atoms with Crippen molar-refractivity contribution in [3.63, 3.8) is 0 Å². The number of benzene rings is 7. The minimum atomic E-state index is -0.0514. The SMILES string of the molecule is [C-]#[N+]c1ccc2c(c1)c1cc(C(C)(C)C)ccc1n2-c1c(-c2ccccc2)cc(-c2nc(-c3ccccc3)nc3c2oc2ccccc23)cc1-c1ccccc1. The molecular formula is C51H36N4O. The summed E-state index contributed by atoms with van der Waals surface area (Å²) in [5.41, 5.74) is 14.0. The molecule has 0 radical (unpaired) electrons. The molecule has 0 atom stereocenters. The van der Waals surface area contributed by atoms with Crippen LogP contribution in [0.2, 0.25) is 0 Å². The quantitative estimate of drug-likeness (QED) is 0.166. The summed E-state index contributed by atoms with van der Waals surface area (Å²) in [5.74, 6) is 0.638. The molecule has 0 saturated carbocycles. The zero-order valence-electron chi connectivity index (χ0n) is 31.3. The highest BCUT2D eigenvalue weighted by Gasteiger charge is 2.25. The molecule has 266 valence electrons. The highest BCUT2D eigenvalue weighted by molar-refractivity contribution is 6.13. The molecule has 0 bridgehead atoms. The summed E-state index contributed by atoms with van der Waals surface area (Å²) in [6.07, 6.45) is 0. The molecule has 0 aliphatic carbocycles. The number of para-hydroxylation sites is 1. The first-order valence-electron chi connectivity index (χ1n) is 18.9. The molecular weight excluding hydrogens is 685 g/mol. The van der Waals surface area contributed by atoms with Crippen molar-refractivity contribution in [2.24, 2.45) is 0 Å². The molecule has 0 spiro atoms. The number of hydrogen-bond acceptors (Lipinski definition) is 3. The summed E-state index contributed by atoms with van der Waals surface area (Å²) in [5, 5.41) is 3.12. The second-order valence-corrected chi connectivity index (χ2v) is 15.3. The van der Waals surface area contributed by atoms with E-state index in [1.807, 2.05) is 60.7 Å². The van der Waals surface area contributed by atoms with E-state index < -0.39 is 0 Å². The van der Waals surface area contributed by atoms with Crippen LogP contribution in [0, 0.1) is 6.57 Å². The van der Waals surface area contributed by atoms with Gasteiger partial charge in [-0.25, -0.2) is 14.8 Å². The molecule has 0 aliphatic rings. The van der Waals surface area contributed by atoms with Crippen molar-refractivity contribution in [1.29, 1.82) is 0 Å². The largest absolute Gasteiger partial charge is 0.452 e. The number of furan rings is 1. The van der Waals surface area contributed by atoms with E-state index in [0.717, 1.165) is 83.1 Å². The van der Waals surface area contributed by atoms with Gasteiger partial charge in [0.05, 0.1) is 23.3 Å². The van der Waals surface area contributed by atoms with E-state index >= 15 is 0 Å². The molecule has 0 aliphatic heterocycles. The van der Waals surface area contributed by atoms with Crippen LogP contribution in [0.5, 0.6) is 0 Å². The lowest BCUT2D eigenvalue weighted by Gasteiger charge is -2.22. The van der Waals surface area contributed by atoms with Gasteiger partial charge in [0, 0.05) is 33.0 Å². The normalized spacial score (nSPS) is 11.8. The van der Waals surface area contributed by atoms with Crippen LogP contribution >= 0.6 is 0 Å². The van der Waals surface area contributed by atoms with Crippen molar-refractivity contribution in [2.75, 3.05) is 0 Å². The lowest BCUT2D eigenvalue weighted by atomic mass is 9.86. The van der Waals surface area contributed by atoms with Gasteiger partial charge in [-0.3, -0.25) is 0 Å². The zero-order valence-corrected chi connectivity index (χ0v) is 31.3. The second-order valence-electron chi connectivity index (χ2n) is 15.3. The Hall–Kier alpha value is -7.29. The highest BCUT2D eigenvalue weighted by atomic mass is 16.3. The lowest BCUT2D eigenvalue weighted by molar-refractivity contribution is 0.591. The van der Waals surface area contributed by atoms with Gasteiger partial charge in [-0.05, 0) is 76.0 Å². The molecule has 56 heavy (non-hydrogen) atoms. The second kappa shape index (κ2) is 12.9. The molecule has 0 N–H and O–H groups in total. The maximum absolute atomic E-state index is 7.90. The summed E-state index contributed by atoms with van der Waals surface area (Å²) >= 11 is 0. The summed E-state index contributed by atoms with van der Waals surface area (Å²) in [6, 6.07) is 56.8. The first-order chi connectivity index (χ1) is 27.4. The molecule has 3 aromatic heterocycles. The summed E-state index contributed by atoms with van der Waals surface area (Å²) in [4.78, 5) is 14.3. The standard InChI is InChI=1S/C51H36N4O/c1-51(2,3)36-24-26-43-41(30-36)42-31-37(52-4)25-27-44(42)55(43)48-39(32-16-8-5-9-17-32)28-35(29-40(48)33-18-10-6-11-19-33)46-49-47(38-22-14-15-23-45(38)56-49)54-50(53-46)34-20-12-7-13-21-34/h5-31H,1-3H3. The molecule has 3 heterocycles. The van der Waals surface area contributed by atoms with Gasteiger partial charge >= 0.3 is 0 Å². The topological polar surface area (TPSA) is 48.2 Å². The van der Waals surface area contributed by atoms with Crippen LogP contribution in [-0.2, 0) is 5.41 Å². The van der Waals surface area contributed by atoms with E-state index in [9.17, 15) is 0 Å². The average Bonchev–Trinajstić information content (AvgIpc) is 3.78. The fraction of sp³-hybridized carbons (Fsp3) is 0.0784. The fourth-order valence-electron chi connectivity index (χ4n) is 7.98. The van der Waals surface area contributed by atoms with Crippen LogP contribution in [-0.4, -0.2) is 14.5 Å². The Bertz CT molecular complexity index is 3100. The summed E-state index contributed by atoms with van der Waals surface area (Å²) in [6.45, 7) is 14.6. The average molecular weight is 721 g/mol. The minimum Gasteiger partial charge on any atom is -0.452 e. The van der Waals surface area contributed by atoms with Gasteiger partial charge in [0.1, 0.15) is 16.8 Å². The van der Waals surface area contributed by atoms with Gasteiger partial charge in [-0.1, -0.05) is 136 Å². The lowest BCUT2D eigenvalue weighted by Crippen LogP contribution is -2.10. The van der Waals surface area contributed by atoms with Gasteiger partial charge in [0.25, 0.3) is 0 Å². The van der Waals surface area contributed by atoms with Crippen LogP contribution < -0.4 is 0 Å². The van der Waals surface area contributed by atoms with Gasteiger partial charge in [-0.2, -0.15) is 0 Å². The molecule has 5 heteroatoms. The number of aromatic nitrogens is 3. The Labute approximate surface area is 325 Å². The number of hydrogen-bond donors (Lipinski definition) is 0. The van der Waals surface area contributed by atoms with Crippen molar-refractivity contribution in [1.82, 2.24) is 14.5 Å². The molecule has 7 aromatic carbocycles. The first-order valence-corrected chi connectivity index (χ1v) is 18.9. The monoisotopic (exact) mass is 720 g/mol. The van der Waals surface area contributed by atoms with Crippen molar-refractivity contribution in [3.05, 3.63) is 181 Å². The fourth-order valence-corrected chi connectivity index (χ4v) is 7.98. The maximum Gasteiger partial charge on any atom is 0.188 e. The van der Waals surface area contributed by atoms with E-state index in [1.54, 1.807) is 0 Å². The minimum absolute atomic E-state index is 0.0514. The number of nitrogens with zero attached hydrogens (tertiary/aromatic N) is 4. The van der Waals surface area contributed by atoms with Crippen molar-refractivity contribution < 1.29 is 4.42 Å². The van der Waals surface area contributed by atoms with Crippen LogP contribution in [0.15, 0.2) is 168 Å². The molecule has 0 fully saturated rings. The summed E-state index contributed by atoms with van der Waals surface area (Å²) in [7, 11) is 0. The highest BCUT2D eigenvalue weighted by Crippen LogP contribution is 2.46. The smallest absolute Gasteiger partial charge is 0.188 e. The number of rotatable bonds is 5. The van der Waals surface area contributed by atoms with Crippen molar-refractivity contribution >= 4 is 49.6 Å². The third kappa shape index (κ3) is 5.46. The molecule has 5 nitrogen and oxygen atoms in total. The molecule has 0 unspecified atom stereocenters. The molecule has 0 saturated heterocycles. The van der Waals surface area contributed by atoms with Gasteiger partial charge in [0.2, 0.25) is 0 Å². The van der Waals surface area contributed by atoms with Gasteiger partial charge in [-0.15, -0.1) is 0 Å². The van der Waals surface area contributed by atoms with Crippen LogP contribution in [0.25, 0.3) is 99.3 Å². The van der Waals surface area contributed by atoms with E-state index in [4.69, 9.17) is 21.0 Å². The molecule has 0 amide bonds. The van der Waals surface area contributed by atoms with Crippen molar-refractivity contribution in [2.45, 2.75) is 26.2 Å². The third-order valence-electron chi connectivity index (χ3n) is 10.8. The van der Waals surface area contributed by atoms with Crippen LogP contribution in [0.1, 0.15) is 26.3 Å². The van der Waals surface area contributed by atoms with E-state index in [1.165, 1.54) is 5.56 Å². The van der Waals surface area contributed by atoms with Gasteiger partial charge in [0.15, 0.2) is 17.1 Å². The number of fused-ring (bicyclic) bond motifs is 6. The Balaban J connectivity index is 1.37. The van der Waals surface area contributed by atoms with Crippen molar-refractivity contribution in [3.8, 4) is 50.6 Å². The predicted octanol–water partition coefficient (Wildman–Crippen LogP) is 14.0. The Morgan fingerprint density at radius 1 is 0.554 bits per heavy atom. The third-order valence-corrected chi connectivity index (χ3v) is 10.8. The zero-order chi connectivity index (χ0) is 38.0. The summed E-state index contributed by atoms with van der Waals surface area (Å²) < 4.78 is 9.04. The Morgan fingerprint density at radius 3 is 1.75 bits per heavy atom. The Morgan fingerprint density at radius 2 is 1.12 bits per heavy atom. The maximum atomic E-state index is 7.90. The van der Waals surface area contributed by atoms with Gasteiger partial charge < -0.3 is 8.98 Å². The van der Waals surface area contributed by atoms with Crippen LogP contribution in [0.4, 0.5) is 5.69 Å². The molecule has 10 rings (SSSR count). The van der Waals surface area contributed by atoms with E-state index in [0.29, 0.717) is 17.1 Å². The Kier molecular flexibility index (Phi) is 7.69. The van der Waals surface area contributed by atoms with E-state index in [2.05, 4.69) is 133 Å². The predicted molar refractivity (Wildman–Crippen MR) is 230 cm³/mol. The van der Waals surface area contributed by atoms with E-state index in [-0.39, 0.29) is 5.41 Å². The molecule has 10 aromatic rings. The van der Waals surface area contributed by atoms with Crippen LogP contribution in [0.3, 0.4) is 0 Å².